The normalized spacial score (nSPS) is 21.5. The van der Waals surface area contributed by atoms with Crippen LogP contribution in [0.4, 0.5) is 0 Å². The molecule has 4 atom stereocenters. The fourth-order valence-corrected chi connectivity index (χ4v) is 2.36. The summed E-state index contributed by atoms with van der Waals surface area (Å²) in [6.07, 6.45) is 0.955. The first-order valence-electron chi connectivity index (χ1n) is 7.64. The van der Waals surface area contributed by atoms with E-state index in [1.807, 2.05) is 0 Å². The summed E-state index contributed by atoms with van der Waals surface area (Å²) in [5, 5.41) is 20.3. The molecule has 0 aromatic heterocycles. The number of nitrogens with one attached hydrogen (secondary N) is 4. The van der Waals surface area contributed by atoms with Crippen LogP contribution >= 0.6 is 0 Å². The molecule has 3 amide bonds. The molecule has 0 aromatic rings. The molecule has 8 heteroatoms. The maximum absolute atomic E-state index is 12.2. The monoisotopic (exact) mass is 314 g/mol. The highest BCUT2D eigenvalue weighted by Crippen LogP contribution is 2.06. The van der Waals surface area contributed by atoms with Crippen LogP contribution < -0.4 is 21.3 Å². The number of carbonyl (C=O) groups is 3. The molecule has 0 aromatic carbocycles. The summed E-state index contributed by atoms with van der Waals surface area (Å²) in [7, 11) is 1.48. The van der Waals surface area contributed by atoms with Gasteiger partial charge in [-0.05, 0) is 32.7 Å². The van der Waals surface area contributed by atoms with Crippen molar-refractivity contribution >= 4 is 17.7 Å². The predicted octanol–water partition coefficient (Wildman–Crippen LogP) is -1.76. The van der Waals surface area contributed by atoms with Crippen molar-refractivity contribution in [1.29, 1.82) is 0 Å². The third-order valence-corrected chi connectivity index (χ3v) is 3.73. The Morgan fingerprint density at radius 3 is 2.41 bits per heavy atom. The number of carbonyl (C=O) groups excluding carboxylic acids is 3. The minimum atomic E-state index is -1.09. The quantitative estimate of drug-likeness (QED) is 0.381. The van der Waals surface area contributed by atoms with Crippen molar-refractivity contribution in [2.45, 2.75) is 57.3 Å². The molecule has 0 spiro atoms. The van der Waals surface area contributed by atoms with Crippen molar-refractivity contribution < 1.29 is 19.5 Å². The highest BCUT2D eigenvalue weighted by atomic mass is 16.3. The van der Waals surface area contributed by atoms with Crippen molar-refractivity contribution in [3.05, 3.63) is 0 Å². The Hall–Kier alpha value is -1.67. The van der Waals surface area contributed by atoms with Crippen molar-refractivity contribution in [2.75, 3.05) is 13.6 Å². The lowest BCUT2D eigenvalue weighted by molar-refractivity contribution is -0.134. The Labute approximate surface area is 130 Å². The van der Waals surface area contributed by atoms with Gasteiger partial charge >= 0.3 is 0 Å². The molecule has 8 nitrogen and oxygen atoms in total. The van der Waals surface area contributed by atoms with E-state index in [9.17, 15) is 19.5 Å². The summed E-state index contributed by atoms with van der Waals surface area (Å²) in [6.45, 7) is 3.95. The van der Waals surface area contributed by atoms with Gasteiger partial charge < -0.3 is 26.4 Å². The zero-order chi connectivity index (χ0) is 16.7. The minimum absolute atomic E-state index is 0.313. The summed E-state index contributed by atoms with van der Waals surface area (Å²) in [6, 6.07) is -2.12. The van der Waals surface area contributed by atoms with Gasteiger partial charge in [0.05, 0.1) is 12.1 Å². The molecule has 0 bridgehead atoms. The Morgan fingerprint density at radius 1 is 1.27 bits per heavy atom. The van der Waals surface area contributed by atoms with Crippen LogP contribution in [0.25, 0.3) is 0 Å². The minimum Gasteiger partial charge on any atom is -0.391 e. The highest BCUT2D eigenvalue weighted by Gasteiger charge is 2.31. The van der Waals surface area contributed by atoms with E-state index in [0.717, 1.165) is 13.0 Å². The first-order valence-corrected chi connectivity index (χ1v) is 7.64. The van der Waals surface area contributed by atoms with Crippen molar-refractivity contribution in [2.24, 2.45) is 0 Å². The molecule has 1 aliphatic heterocycles. The number of rotatable bonds is 7. The molecule has 1 saturated heterocycles. The molecule has 5 N–H and O–H groups in total. The van der Waals surface area contributed by atoms with E-state index < -0.39 is 24.1 Å². The van der Waals surface area contributed by atoms with E-state index in [1.165, 1.54) is 14.0 Å². The summed E-state index contributed by atoms with van der Waals surface area (Å²) in [5.74, 6) is -1.20. The maximum atomic E-state index is 12.2. The fourth-order valence-electron chi connectivity index (χ4n) is 2.36. The molecule has 1 heterocycles. The summed E-state index contributed by atoms with van der Waals surface area (Å²) in [5.41, 5.74) is 0. The first kappa shape index (κ1) is 18.4. The van der Waals surface area contributed by atoms with Crippen LogP contribution in [0.5, 0.6) is 0 Å². The van der Waals surface area contributed by atoms with Gasteiger partial charge in [0.25, 0.3) is 0 Å². The smallest absolute Gasteiger partial charge is 0.245 e. The molecule has 126 valence electrons. The number of hydrogen-bond donors (Lipinski definition) is 5. The van der Waals surface area contributed by atoms with Gasteiger partial charge in [-0.3, -0.25) is 14.4 Å². The van der Waals surface area contributed by atoms with Gasteiger partial charge in [-0.2, -0.15) is 0 Å². The van der Waals surface area contributed by atoms with E-state index in [-0.39, 0.29) is 17.9 Å². The van der Waals surface area contributed by atoms with E-state index in [4.69, 9.17) is 0 Å². The molecule has 0 unspecified atom stereocenters. The van der Waals surface area contributed by atoms with Gasteiger partial charge in [0.1, 0.15) is 12.1 Å². The van der Waals surface area contributed by atoms with Gasteiger partial charge in [0.2, 0.25) is 17.7 Å². The third kappa shape index (κ3) is 4.96. The summed E-state index contributed by atoms with van der Waals surface area (Å²) >= 11 is 0. The molecule has 1 aliphatic rings. The first-order chi connectivity index (χ1) is 10.4. The lowest BCUT2D eigenvalue weighted by Gasteiger charge is -2.25. The third-order valence-electron chi connectivity index (χ3n) is 3.73. The van der Waals surface area contributed by atoms with Crippen LogP contribution in [0.3, 0.4) is 0 Å². The van der Waals surface area contributed by atoms with E-state index in [2.05, 4.69) is 21.3 Å². The molecular formula is C14H26N4O4. The molecular weight excluding hydrogens is 288 g/mol. The second kappa shape index (κ2) is 8.70. The lowest BCUT2D eigenvalue weighted by Crippen LogP contribution is -2.58. The Morgan fingerprint density at radius 2 is 1.95 bits per heavy atom. The molecule has 0 aliphatic carbocycles. The Balaban J connectivity index is 2.66. The van der Waals surface area contributed by atoms with Crippen LogP contribution in [0.1, 0.15) is 33.1 Å². The average Bonchev–Trinajstić information content (AvgIpc) is 3.02. The van der Waals surface area contributed by atoms with Crippen LogP contribution in [0, 0.1) is 0 Å². The average molecular weight is 314 g/mol. The second-order valence-corrected chi connectivity index (χ2v) is 5.46. The van der Waals surface area contributed by atoms with Gasteiger partial charge in [0.15, 0.2) is 0 Å². The molecule has 22 heavy (non-hydrogen) atoms. The maximum Gasteiger partial charge on any atom is 0.245 e. The molecule has 1 fully saturated rings. The fraction of sp³-hybridized carbons (Fsp3) is 0.786. The highest BCUT2D eigenvalue weighted by molar-refractivity contribution is 5.93. The Bertz CT molecular complexity index is 408. The predicted molar refractivity (Wildman–Crippen MR) is 80.9 cm³/mol. The van der Waals surface area contributed by atoms with Gasteiger partial charge in [0, 0.05) is 7.05 Å². The van der Waals surface area contributed by atoms with Crippen molar-refractivity contribution in [3.63, 3.8) is 0 Å². The topological polar surface area (TPSA) is 120 Å². The van der Waals surface area contributed by atoms with E-state index >= 15 is 0 Å². The summed E-state index contributed by atoms with van der Waals surface area (Å²) in [4.78, 5) is 35.9. The SMILES string of the molecule is CC[C@H](NC(=O)[C@@H](NC(=O)[C@@H]1CCCN1)[C@@H](C)O)C(=O)NC. The summed E-state index contributed by atoms with van der Waals surface area (Å²) < 4.78 is 0. The molecule has 0 saturated carbocycles. The van der Waals surface area contributed by atoms with Crippen LogP contribution in [-0.4, -0.2) is 60.6 Å². The standard InChI is InChI=1S/C14H26N4O4/c1-4-9(12(20)15-3)17-14(22)11(8(2)19)18-13(21)10-6-5-7-16-10/h8-11,16,19H,4-7H2,1-3H3,(H,15,20)(H,17,22)(H,18,21)/t8-,9+,10+,11+/m1/s1. The molecule has 1 rings (SSSR count). The van der Waals surface area contributed by atoms with E-state index in [1.54, 1.807) is 6.92 Å². The van der Waals surface area contributed by atoms with Crippen LogP contribution in [0.15, 0.2) is 0 Å². The number of aliphatic hydroxyl groups is 1. The number of amides is 3. The van der Waals surface area contributed by atoms with E-state index in [0.29, 0.717) is 12.8 Å². The van der Waals surface area contributed by atoms with Crippen LogP contribution in [-0.2, 0) is 14.4 Å². The van der Waals surface area contributed by atoms with Crippen molar-refractivity contribution in [1.82, 2.24) is 21.3 Å². The lowest BCUT2D eigenvalue weighted by atomic mass is 10.1. The zero-order valence-corrected chi connectivity index (χ0v) is 13.3. The van der Waals surface area contributed by atoms with Crippen molar-refractivity contribution in [3.8, 4) is 0 Å². The zero-order valence-electron chi connectivity index (χ0n) is 13.3. The van der Waals surface area contributed by atoms with Gasteiger partial charge in [-0.25, -0.2) is 0 Å². The van der Waals surface area contributed by atoms with Crippen LogP contribution in [0.2, 0.25) is 0 Å². The number of likely N-dealkylation sites (N-methyl/N-ethyl adjacent to an activating group) is 1. The number of hydrogen-bond acceptors (Lipinski definition) is 5. The largest absolute Gasteiger partial charge is 0.391 e. The van der Waals surface area contributed by atoms with Gasteiger partial charge in [-0.15, -0.1) is 0 Å². The number of aliphatic hydroxyl groups excluding tert-OH is 1. The second-order valence-electron chi connectivity index (χ2n) is 5.46. The molecule has 0 radical (unpaired) electrons. The Kier molecular flexibility index (Phi) is 7.26. The van der Waals surface area contributed by atoms with Gasteiger partial charge in [-0.1, -0.05) is 6.92 Å².